The Morgan fingerprint density at radius 2 is 1.81 bits per heavy atom. The minimum atomic E-state index is -1.11. The van der Waals surface area contributed by atoms with Gasteiger partial charge < -0.3 is 9.84 Å². The van der Waals surface area contributed by atoms with Crippen LogP contribution in [0.1, 0.15) is 24.4 Å². The highest BCUT2D eigenvalue weighted by atomic mass is 16.5. The maximum Gasteiger partial charge on any atom is 0.351 e. The van der Waals surface area contributed by atoms with E-state index in [0.717, 1.165) is 10.2 Å². The van der Waals surface area contributed by atoms with Gasteiger partial charge in [-0.1, -0.05) is 30.3 Å². The number of carboxylic acids is 1. The first-order valence-corrected chi connectivity index (χ1v) is 8.15. The van der Waals surface area contributed by atoms with Gasteiger partial charge in [-0.25, -0.2) is 14.2 Å². The van der Waals surface area contributed by atoms with Crippen molar-refractivity contribution in [1.29, 1.82) is 0 Å². The molecule has 0 aliphatic heterocycles. The van der Waals surface area contributed by atoms with Crippen LogP contribution in [-0.2, 0) is 11.4 Å². The molecule has 0 saturated carbocycles. The molecule has 134 valence electrons. The van der Waals surface area contributed by atoms with Crippen molar-refractivity contribution in [2.45, 2.75) is 26.5 Å². The molecule has 1 heterocycles. The highest BCUT2D eigenvalue weighted by Crippen LogP contribution is 2.17. The molecule has 1 N–H and O–H groups in total. The van der Waals surface area contributed by atoms with E-state index in [2.05, 4.69) is 5.10 Å². The van der Waals surface area contributed by atoms with Crippen LogP contribution in [0, 0.1) is 6.92 Å². The lowest BCUT2D eigenvalue weighted by Gasteiger charge is -2.08. The first kappa shape index (κ1) is 17.5. The molecule has 0 fully saturated rings. The highest BCUT2D eigenvalue weighted by molar-refractivity contribution is 5.71. The third-order valence-corrected chi connectivity index (χ3v) is 4.03. The Morgan fingerprint density at radius 3 is 2.42 bits per heavy atom. The Morgan fingerprint density at radius 1 is 1.15 bits per heavy atom. The van der Waals surface area contributed by atoms with Crippen LogP contribution in [0.15, 0.2) is 59.4 Å². The standard InChI is InChI=1S/C19H19N3O4/c1-13(18(23)24)22-19(25)21(14(2)20-22)16-8-10-17(11-9-16)26-12-15-6-4-3-5-7-15/h3-11,13H,12H2,1-2H3,(H,23,24)/t13-/m1/s1. The van der Waals surface area contributed by atoms with E-state index in [-0.39, 0.29) is 0 Å². The fourth-order valence-electron chi connectivity index (χ4n) is 2.57. The van der Waals surface area contributed by atoms with Crippen LogP contribution in [-0.4, -0.2) is 25.4 Å². The number of hydrogen-bond acceptors (Lipinski definition) is 4. The van der Waals surface area contributed by atoms with Crippen molar-refractivity contribution < 1.29 is 14.6 Å². The number of nitrogens with zero attached hydrogens (tertiary/aromatic N) is 3. The Labute approximate surface area is 150 Å². The summed E-state index contributed by atoms with van der Waals surface area (Å²) in [5.74, 6) is -0.0166. The van der Waals surface area contributed by atoms with E-state index in [9.17, 15) is 9.59 Å². The summed E-state index contributed by atoms with van der Waals surface area (Å²) in [5.41, 5.74) is 1.17. The molecule has 2 aromatic carbocycles. The lowest BCUT2D eigenvalue weighted by atomic mass is 10.2. The zero-order valence-electron chi connectivity index (χ0n) is 14.5. The summed E-state index contributed by atoms with van der Waals surface area (Å²) in [7, 11) is 0. The van der Waals surface area contributed by atoms with Gasteiger partial charge >= 0.3 is 11.7 Å². The van der Waals surface area contributed by atoms with E-state index in [4.69, 9.17) is 9.84 Å². The molecule has 0 spiro atoms. The number of ether oxygens (including phenoxy) is 1. The van der Waals surface area contributed by atoms with Gasteiger partial charge in [-0.3, -0.25) is 0 Å². The first-order chi connectivity index (χ1) is 12.5. The van der Waals surface area contributed by atoms with E-state index in [1.807, 2.05) is 30.3 Å². The van der Waals surface area contributed by atoms with Gasteiger partial charge in [0.15, 0.2) is 6.04 Å². The molecule has 0 saturated heterocycles. The Bertz CT molecular complexity index is 959. The van der Waals surface area contributed by atoms with Crippen molar-refractivity contribution >= 4 is 5.97 Å². The number of carbonyl (C=O) groups is 1. The van der Waals surface area contributed by atoms with E-state index < -0.39 is 17.7 Å². The van der Waals surface area contributed by atoms with Gasteiger partial charge in [0, 0.05) is 0 Å². The summed E-state index contributed by atoms with van der Waals surface area (Å²) in [6, 6.07) is 15.8. The molecular formula is C19H19N3O4. The molecule has 0 amide bonds. The Balaban J connectivity index is 1.81. The smallest absolute Gasteiger partial charge is 0.351 e. The molecule has 7 heteroatoms. The summed E-state index contributed by atoms with van der Waals surface area (Å²) < 4.78 is 8.08. The van der Waals surface area contributed by atoms with Gasteiger partial charge in [0.25, 0.3) is 0 Å². The third-order valence-electron chi connectivity index (χ3n) is 4.03. The zero-order chi connectivity index (χ0) is 18.7. The minimum absolute atomic E-state index is 0.418. The SMILES string of the molecule is Cc1nn([C@H](C)C(=O)O)c(=O)n1-c1ccc(OCc2ccccc2)cc1. The van der Waals surface area contributed by atoms with Gasteiger partial charge in [-0.15, -0.1) is 0 Å². The number of hydrogen-bond donors (Lipinski definition) is 1. The average molecular weight is 353 g/mol. The molecule has 3 aromatic rings. The predicted octanol–water partition coefficient (Wildman–Crippen LogP) is 2.57. The lowest BCUT2D eigenvalue weighted by Crippen LogP contribution is -2.30. The Hall–Kier alpha value is -3.35. The van der Waals surface area contributed by atoms with Crippen LogP contribution < -0.4 is 10.4 Å². The van der Waals surface area contributed by atoms with Crippen LogP contribution in [0.5, 0.6) is 5.75 Å². The fourth-order valence-corrected chi connectivity index (χ4v) is 2.57. The second-order valence-corrected chi connectivity index (χ2v) is 5.89. The minimum Gasteiger partial charge on any atom is -0.489 e. The molecular weight excluding hydrogens is 334 g/mol. The lowest BCUT2D eigenvalue weighted by molar-refractivity contribution is -0.140. The van der Waals surface area contributed by atoms with Gasteiger partial charge in [-0.05, 0) is 43.7 Å². The largest absolute Gasteiger partial charge is 0.489 e. The summed E-state index contributed by atoms with van der Waals surface area (Å²) in [4.78, 5) is 23.6. The van der Waals surface area contributed by atoms with Gasteiger partial charge in [-0.2, -0.15) is 9.78 Å². The van der Waals surface area contributed by atoms with Crippen molar-refractivity contribution in [3.05, 3.63) is 76.5 Å². The van der Waals surface area contributed by atoms with E-state index in [1.165, 1.54) is 11.5 Å². The molecule has 1 atom stereocenters. The topological polar surface area (TPSA) is 86.4 Å². The van der Waals surface area contributed by atoms with Crippen LogP contribution in [0.4, 0.5) is 0 Å². The molecule has 3 rings (SSSR count). The van der Waals surface area contributed by atoms with Crippen molar-refractivity contribution in [3.63, 3.8) is 0 Å². The summed E-state index contributed by atoms with van der Waals surface area (Å²) in [5, 5.41) is 13.2. The Kier molecular flexibility index (Phi) is 4.88. The summed E-state index contributed by atoms with van der Waals surface area (Å²) >= 11 is 0. The quantitative estimate of drug-likeness (QED) is 0.736. The predicted molar refractivity (Wildman–Crippen MR) is 95.7 cm³/mol. The maximum atomic E-state index is 12.5. The summed E-state index contributed by atoms with van der Waals surface area (Å²) in [6.07, 6.45) is 0. The number of benzene rings is 2. The maximum absolute atomic E-state index is 12.5. The number of aryl methyl sites for hydroxylation is 1. The second-order valence-electron chi connectivity index (χ2n) is 5.89. The normalized spacial score (nSPS) is 11.9. The molecule has 26 heavy (non-hydrogen) atoms. The van der Waals surface area contributed by atoms with E-state index >= 15 is 0 Å². The summed E-state index contributed by atoms with van der Waals surface area (Å²) in [6.45, 7) is 3.53. The second kappa shape index (κ2) is 7.26. The molecule has 0 bridgehead atoms. The molecule has 0 aliphatic rings. The van der Waals surface area contributed by atoms with Crippen molar-refractivity contribution in [1.82, 2.24) is 14.3 Å². The van der Waals surface area contributed by atoms with Gasteiger partial charge in [0.1, 0.15) is 18.2 Å². The van der Waals surface area contributed by atoms with Crippen LogP contribution in [0.2, 0.25) is 0 Å². The number of aromatic nitrogens is 3. The van der Waals surface area contributed by atoms with E-state index in [1.54, 1.807) is 31.2 Å². The number of carboxylic acid groups (broad SMARTS) is 1. The van der Waals surface area contributed by atoms with E-state index in [0.29, 0.717) is 23.9 Å². The van der Waals surface area contributed by atoms with Crippen LogP contribution in [0.25, 0.3) is 5.69 Å². The number of rotatable bonds is 6. The molecule has 0 unspecified atom stereocenters. The van der Waals surface area contributed by atoms with Crippen LogP contribution >= 0.6 is 0 Å². The monoisotopic (exact) mass is 353 g/mol. The number of aliphatic carboxylic acids is 1. The van der Waals surface area contributed by atoms with Crippen molar-refractivity contribution in [2.75, 3.05) is 0 Å². The molecule has 0 radical (unpaired) electrons. The molecule has 0 aliphatic carbocycles. The molecule has 7 nitrogen and oxygen atoms in total. The van der Waals surface area contributed by atoms with Crippen molar-refractivity contribution in [3.8, 4) is 11.4 Å². The van der Waals surface area contributed by atoms with Crippen molar-refractivity contribution in [2.24, 2.45) is 0 Å². The van der Waals surface area contributed by atoms with Gasteiger partial charge in [0.2, 0.25) is 0 Å². The molecule has 1 aromatic heterocycles. The first-order valence-electron chi connectivity index (χ1n) is 8.15. The zero-order valence-corrected chi connectivity index (χ0v) is 14.5. The highest BCUT2D eigenvalue weighted by Gasteiger charge is 2.21. The third kappa shape index (κ3) is 3.51. The van der Waals surface area contributed by atoms with Crippen LogP contribution in [0.3, 0.4) is 0 Å². The average Bonchev–Trinajstić information content (AvgIpc) is 2.95. The van der Waals surface area contributed by atoms with Gasteiger partial charge in [0.05, 0.1) is 5.69 Å². The fraction of sp³-hybridized carbons (Fsp3) is 0.211.